The number of carbonyl (C=O) groups excluding carboxylic acids is 1. The number of aromatic nitrogens is 1. The average molecular weight is 242 g/mol. The summed E-state index contributed by atoms with van der Waals surface area (Å²) in [7, 11) is 0. The summed E-state index contributed by atoms with van der Waals surface area (Å²) in [6, 6.07) is 3.75. The second kappa shape index (κ2) is 4.51. The van der Waals surface area contributed by atoms with Gasteiger partial charge in [-0.2, -0.15) is 0 Å². The van der Waals surface area contributed by atoms with E-state index in [-0.39, 0.29) is 11.7 Å². The number of pyridine rings is 1. The van der Waals surface area contributed by atoms with Gasteiger partial charge in [0.2, 0.25) is 0 Å². The number of Topliss-reactive ketones (excluding diaryl/α,β-unsaturated/α-hetero) is 1. The first-order valence-electron chi connectivity index (χ1n) is 4.30. The van der Waals surface area contributed by atoms with Crippen LogP contribution in [0.5, 0.6) is 0 Å². The van der Waals surface area contributed by atoms with Crippen LogP contribution in [-0.4, -0.2) is 10.8 Å². The van der Waals surface area contributed by atoms with E-state index < -0.39 is 0 Å². The molecule has 1 unspecified atom stereocenters. The Morgan fingerprint density at radius 2 is 2.38 bits per heavy atom. The Bertz CT molecular complexity index is 312. The van der Waals surface area contributed by atoms with Gasteiger partial charge in [-0.25, -0.2) is 0 Å². The van der Waals surface area contributed by atoms with Gasteiger partial charge in [-0.3, -0.25) is 9.78 Å². The summed E-state index contributed by atoms with van der Waals surface area (Å²) in [4.78, 5) is 15.6. The standard InChI is InChI=1S/C10H12BrNO/c1-3-9(13)7(2)10-8(11)5-4-6-12-10/h4-7H,3H2,1-2H3. The predicted octanol–water partition coefficient (Wildman–Crippen LogP) is 2.93. The monoisotopic (exact) mass is 241 g/mol. The molecule has 0 saturated carbocycles. The van der Waals surface area contributed by atoms with Crippen molar-refractivity contribution in [1.82, 2.24) is 4.98 Å². The van der Waals surface area contributed by atoms with E-state index in [4.69, 9.17) is 0 Å². The Balaban J connectivity index is 2.95. The van der Waals surface area contributed by atoms with Gasteiger partial charge in [0.25, 0.3) is 0 Å². The molecule has 3 heteroatoms. The van der Waals surface area contributed by atoms with Crippen LogP contribution in [-0.2, 0) is 4.79 Å². The van der Waals surface area contributed by atoms with Gasteiger partial charge in [-0.05, 0) is 35.0 Å². The first-order valence-corrected chi connectivity index (χ1v) is 5.09. The van der Waals surface area contributed by atoms with E-state index in [2.05, 4.69) is 20.9 Å². The molecule has 0 N–H and O–H groups in total. The summed E-state index contributed by atoms with van der Waals surface area (Å²) in [6.07, 6.45) is 2.27. The maximum Gasteiger partial charge on any atom is 0.141 e. The minimum absolute atomic E-state index is 0.111. The molecule has 0 bridgehead atoms. The number of hydrogen-bond acceptors (Lipinski definition) is 2. The molecule has 1 rings (SSSR count). The lowest BCUT2D eigenvalue weighted by Gasteiger charge is -2.09. The molecule has 0 saturated heterocycles. The third-order valence-corrected chi connectivity index (χ3v) is 2.70. The number of ketones is 1. The highest BCUT2D eigenvalue weighted by Gasteiger charge is 2.16. The molecule has 1 heterocycles. The van der Waals surface area contributed by atoms with Crippen molar-refractivity contribution in [3.05, 3.63) is 28.5 Å². The summed E-state index contributed by atoms with van der Waals surface area (Å²) in [5.41, 5.74) is 0.828. The number of hydrogen-bond donors (Lipinski definition) is 0. The van der Waals surface area contributed by atoms with Gasteiger partial charge in [0.1, 0.15) is 5.78 Å². The second-order valence-electron chi connectivity index (χ2n) is 2.91. The molecule has 13 heavy (non-hydrogen) atoms. The lowest BCUT2D eigenvalue weighted by molar-refractivity contribution is -0.119. The van der Waals surface area contributed by atoms with Crippen LogP contribution in [0.3, 0.4) is 0 Å². The Hall–Kier alpha value is -0.700. The molecule has 1 aromatic heterocycles. The van der Waals surface area contributed by atoms with Crippen molar-refractivity contribution < 1.29 is 4.79 Å². The van der Waals surface area contributed by atoms with Crippen molar-refractivity contribution in [3.8, 4) is 0 Å². The molecule has 0 radical (unpaired) electrons. The molecular formula is C10H12BrNO. The van der Waals surface area contributed by atoms with E-state index in [1.165, 1.54) is 0 Å². The number of carbonyl (C=O) groups is 1. The van der Waals surface area contributed by atoms with Crippen LogP contribution < -0.4 is 0 Å². The quantitative estimate of drug-likeness (QED) is 0.815. The average Bonchev–Trinajstić information content (AvgIpc) is 2.16. The van der Waals surface area contributed by atoms with Crippen molar-refractivity contribution in [3.63, 3.8) is 0 Å². The zero-order valence-corrected chi connectivity index (χ0v) is 9.34. The fourth-order valence-electron chi connectivity index (χ4n) is 1.18. The van der Waals surface area contributed by atoms with E-state index in [9.17, 15) is 4.79 Å². The Morgan fingerprint density at radius 1 is 1.69 bits per heavy atom. The summed E-state index contributed by atoms with van der Waals surface area (Å²) in [5, 5.41) is 0. The van der Waals surface area contributed by atoms with E-state index in [1.807, 2.05) is 26.0 Å². The molecule has 0 aliphatic rings. The highest BCUT2D eigenvalue weighted by molar-refractivity contribution is 9.10. The molecule has 0 amide bonds. The lowest BCUT2D eigenvalue weighted by atomic mass is 10.0. The first kappa shape index (κ1) is 10.4. The Morgan fingerprint density at radius 3 is 2.92 bits per heavy atom. The number of halogens is 1. The highest BCUT2D eigenvalue weighted by Crippen LogP contribution is 2.23. The van der Waals surface area contributed by atoms with Gasteiger partial charge in [-0.15, -0.1) is 0 Å². The van der Waals surface area contributed by atoms with Crippen LogP contribution in [0, 0.1) is 0 Å². The van der Waals surface area contributed by atoms with Gasteiger partial charge >= 0.3 is 0 Å². The van der Waals surface area contributed by atoms with Gasteiger partial charge in [0.05, 0.1) is 11.6 Å². The van der Waals surface area contributed by atoms with E-state index >= 15 is 0 Å². The van der Waals surface area contributed by atoms with Crippen LogP contribution in [0.15, 0.2) is 22.8 Å². The number of nitrogens with zero attached hydrogens (tertiary/aromatic N) is 1. The molecule has 1 atom stereocenters. The molecule has 0 aromatic carbocycles. The highest BCUT2D eigenvalue weighted by atomic mass is 79.9. The summed E-state index contributed by atoms with van der Waals surface area (Å²) < 4.78 is 0.907. The Kier molecular flexibility index (Phi) is 3.60. The van der Waals surface area contributed by atoms with E-state index in [1.54, 1.807) is 6.20 Å². The minimum Gasteiger partial charge on any atom is -0.299 e. The van der Waals surface area contributed by atoms with Crippen LogP contribution in [0.25, 0.3) is 0 Å². The zero-order valence-electron chi connectivity index (χ0n) is 7.75. The van der Waals surface area contributed by atoms with Crippen LogP contribution >= 0.6 is 15.9 Å². The van der Waals surface area contributed by atoms with E-state index in [0.29, 0.717) is 6.42 Å². The summed E-state index contributed by atoms with van der Waals surface area (Å²) in [5.74, 6) is 0.111. The molecule has 0 fully saturated rings. The van der Waals surface area contributed by atoms with Gasteiger partial charge in [0.15, 0.2) is 0 Å². The molecule has 70 valence electrons. The van der Waals surface area contributed by atoms with Crippen LogP contribution in [0.1, 0.15) is 31.9 Å². The largest absolute Gasteiger partial charge is 0.299 e. The normalized spacial score (nSPS) is 12.5. The summed E-state index contributed by atoms with van der Waals surface area (Å²) >= 11 is 3.38. The molecule has 0 aliphatic heterocycles. The molecule has 1 aromatic rings. The van der Waals surface area contributed by atoms with Crippen molar-refractivity contribution in [2.24, 2.45) is 0 Å². The van der Waals surface area contributed by atoms with Crippen LogP contribution in [0.2, 0.25) is 0 Å². The van der Waals surface area contributed by atoms with Gasteiger partial charge in [-0.1, -0.05) is 6.92 Å². The fraction of sp³-hybridized carbons (Fsp3) is 0.400. The smallest absolute Gasteiger partial charge is 0.141 e. The topological polar surface area (TPSA) is 30.0 Å². The Labute approximate surface area is 86.5 Å². The van der Waals surface area contributed by atoms with Crippen molar-refractivity contribution in [1.29, 1.82) is 0 Å². The molecular weight excluding hydrogens is 230 g/mol. The SMILES string of the molecule is CCC(=O)C(C)c1ncccc1Br. The van der Waals surface area contributed by atoms with Crippen molar-refractivity contribution >= 4 is 21.7 Å². The maximum atomic E-state index is 11.4. The summed E-state index contributed by atoms with van der Waals surface area (Å²) in [6.45, 7) is 3.76. The third-order valence-electron chi connectivity index (χ3n) is 2.03. The lowest BCUT2D eigenvalue weighted by Crippen LogP contribution is -2.09. The van der Waals surface area contributed by atoms with Crippen molar-refractivity contribution in [2.75, 3.05) is 0 Å². The van der Waals surface area contributed by atoms with E-state index in [0.717, 1.165) is 10.2 Å². The zero-order chi connectivity index (χ0) is 9.84. The minimum atomic E-state index is -0.111. The third kappa shape index (κ3) is 2.37. The number of rotatable bonds is 3. The van der Waals surface area contributed by atoms with Gasteiger partial charge < -0.3 is 0 Å². The predicted molar refractivity (Wildman–Crippen MR) is 55.7 cm³/mol. The first-order chi connectivity index (χ1) is 6.16. The maximum absolute atomic E-state index is 11.4. The molecule has 0 spiro atoms. The van der Waals surface area contributed by atoms with Gasteiger partial charge in [0, 0.05) is 17.1 Å². The fourth-order valence-corrected chi connectivity index (χ4v) is 1.77. The second-order valence-corrected chi connectivity index (χ2v) is 3.77. The molecule has 2 nitrogen and oxygen atoms in total. The van der Waals surface area contributed by atoms with Crippen molar-refractivity contribution in [2.45, 2.75) is 26.2 Å². The van der Waals surface area contributed by atoms with Crippen LogP contribution in [0.4, 0.5) is 0 Å². The molecule has 0 aliphatic carbocycles.